The zero-order chi connectivity index (χ0) is 24.3. The minimum atomic E-state index is -0.893. The van der Waals surface area contributed by atoms with Crippen LogP contribution in [0.15, 0.2) is 22.3 Å². The van der Waals surface area contributed by atoms with E-state index in [4.69, 9.17) is 20.0 Å². The molecule has 1 aromatic rings. The van der Waals surface area contributed by atoms with Crippen LogP contribution in [-0.2, 0) is 33.5 Å². The van der Waals surface area contributed by atoms with Crippen LogP contribution in [0.25, 0.3) is 0 Å². The predicted molar refractivity (Wildman–Crippen MR) is 130 cm³/mol. The molecule has 0 spiro atoms. The molecule has 0 radical (unpaired) electrons. The lowest BCUT2D eigenvalue weighted by molar-refractivity contribution is -0.173. The standard InChI is InChI=1S/C19H23N5O7S2.BrH/c1-19(2,3)17(28)31-8-30-16(27)10-5-6-32-15-12(14(26)24(10)15)22-13(25)11(23-29-4)9-7-33-18(20)21-9;/h5,7,12,15H,6,8H2,1-4H3,(H2,20,21)(H,22,25);1H/t12-,15+;/m1./s1. The number of nitrogens with zero attached hydrogens (tertiary/aromatic N) is 3. The summed E-state index contributed by atoms with van der Waals surface area (Å²) in [5.74, 6) is -2.09. The summed E-state index contributed by atoms with van der Waals surface area (Å²) in [6.07, 6.45) is 1.54. The van der Waals surface area contributed by atoms with Crippen LogP contribution < -0.4 is 11.1 Å². The van der Waals surface area contributed by atoms with Crippen molar-refractivity contribution in [2.75, 3.05) is 25.4 Å². The van der Waals surface area contributed by atoms with Gasteiger partial charge in [0.25, 0.3) is 11.8 Å². The van der Waals surface area contributed by atoms with Crippen molar-refractivity contribution in [2.24, 2.45) is 10.6 Å². The molecule has 0 aliphatic carbocycles. The molecule has 2 aliphatic heterocycles. The van der Waals surface area contributed by atoms with Crippen molar-refractivity contribution in [3.8, 4) is 0 Å². The SMILES string of the molecule is Br.CON=C(C(=O)N[C@@H]1C(=O)N2C(C(=O)OCOC(=O)C(C)(C)C)=CCS[C@@H]12)c1csc(N)n1. The number of nitrogen functional groups attached to an aromatic ring is 1. The normalized spacial score (nSPS) is 19.6. The van der Waals surface area contributed by atoms with Crippen molar-refractivity contribution in [1.82, 2.24) is 15.2 Å². The number of halogens is 1. The highest BCUT2D eigenvalue weighted by Crippen LogP contribution is 2.37. The molecule has 2 atom stereocenters. The number of rotatable bonds is 7. The lowest BCUT2D eigenvalue weighted by atomic mass is 9.98. The monoisotopic (exact) mass is 577 g/mol. The van der Waals surface area contributed by atoms with Gasteiger partial charge in [-0.2, -0.15) is 0 Å². The molecule has 12 nitrogen and oxygen atoms in total. The minimum Gasteiger partial charge on any atom is -0.427 e. The second kappa shape index (κ2) is 11.2. The number of anilines is 1. The van der Waals surface area contributed by atoms with E-state index in [1.54, 1.807) is 32.2 Å². The number of esters is 2. The first kappa shape index (κ1) is 27.6. The van der Waals surface area contributed by atoms with E-state index in [0.29, 0.717) is 5.75 Å². The van der Waals surface area contributed by atoms with Gasteiger partial charge in [0, 0.05) is 11.1 Å². The Morgan fingerprint density at radius 3 is 2.62 bits per heavy atom. The number of nitrogens with one attached hydrogen (secondary N) is 1. The van der Waals surface area contributed by atoms with Gasteiger partial charge in [0.1, 0.15) is 29.9 Å². The fraction of sp³-hybridized carbons (Fsp3) is 0.474. The number of amides is 2. The topological polar surface area (TPSA) is 163 Å². The van der Waals surface area contributed by atoms with Crippen LogP contribution in [-0.4, -0.2) is 70.4 Å². The summed E-state index contributed by atoms with van der Waals surface area (Å²) in [5, 5.41) is 7.57. The van der Waals surface area contributed by atoms with E-state index in [-0.39, 0.29) is 39.2 Å². The number of aromatic nitrogens is 1. The van der Waals surface area contributed by atoms with Gasteiger partial charge in [0.2, 0.25) is 6.79 Å². The number of hydrogen-bond donors (Lipinski definition) is 2. The molecule has 1 aromatic heterocycles. The average Bonchev–Trinajstić information content (AvgIpc) is 3.19. The Hall–Kier alpha value is -2.65. The van der Waals surface area contributed by atoms with Crippen LogP contribution in [0.4, 0.5) is 5.13 Å². The number of carbonyl (C=O) groups is 4. The number of thiazole rings is 1. The smallest absolute Gasteiger partial charge is 0.357 e. The zero-order valence-corrected chi connectivity index (χ0v) is 22.1. The predicted octanol–water partition coefficient (Wildman–Crippen LogP) is 1.03. The van der Waals surface area contributed by atoms with Gasteiger partial charge >= 0.3 is 11.9 Å². The molecule has 0 aromatic carbocycles. The summed E-state index contributed by atoms with van der Waals surface area (Å²) in [5.41, 5.74) is 4.98. The average molecular weight is 578 g/mol. The lowest BCUT2D eigenvalue weighted by Gasteiger charge is -2.48. The van der Waals surface area contributed by atoms with Crippen molar-refractivity contribution in [3.05, 3.63) is 22.8 Å². The molecule has 3 heterocycles. The summed E-state index contributed by atoms with van der Waals surface area (Å²) in [7, 11) is 1.28. The van der Waals surface area contributed by atoms with Crippen LogP contribution in [0.2, 0.25) is 0 Å². The molecule has 186 valence electrons. The van der Waals surface area contributed by atoms with E-state index in [1.165, 1.54) is 23.8 Å². The Bertz CT molecular complexity index is 1040. The third-order valence-electron chi connectivity index (χ3n) is 4.50. The van der Waals surface area contributed by atoms with Gasteiger partial charge in [-0.3, -0.25) is 19.3 Å². The summed E-state index contributed by atoms with van der Waals surface area (Å²) in [4.78, 5) is 59.7. The molecular formula is C19H24BrN5O7S2. The van der Waals surface area contributed by atoms with Gasteiger partial charge in [0.05, 0.1) is 5.41 Å². The first-order valence-corrected chi connectivity index (χ1v) is 11.6. The molecule has 15 heteroatoms. The van der Waals surface area contributed by atoms with Crippen LogP contribution in [0.5, 0.6) is 0 Å². The fourth-order valence-corrected chi connectivity index (χ4v) is 4.60. The number of hydrogen-bond acceptors (Lipinski definition) is 12. The molecule has 3 rings (SSSR count). The van der Waals surface area contributed by atoms with Crippen LogP contribution in [0, 0.1) is 5.41 Å². The van der Waals surface area contributed by atoms with Gasteiger partial charge in [-0.1, -0.05) is 5.16 Å². The minimum absolute atomic E-state index is 0. The molecular weight excluding hydrogens is 554 g/mol. The molecule has 2 amide bonds. The molecule has 3 N–H and O–H groups in total. The number of fused-ring (bicyclic) bond motifs is 1. The van der Waals surface area contributed by atoms with Crippen LogP contribution in [0.1, 0.15) is 26.5 Å². The van der Waals surface area contributed by atoms with Gasteiger partial charge in [0.15, 0.2) is 10.8 Å². The summed E-state index contributed by atoms with van der Waals surface area (Å²) in [6, 6.07) is -0.893. The Morgan fingerprint density at radius 1 is 1.32 bits per heavy atom. The maximum absolute atomic E-state index is 12.7. The first-order chi connectivity index (χ1) is 15.5. The van der Waals surface area contributed by atoms with E-state index >= 15 is 0 Å². The van der Waals surface area contributed by atoms with E-state index in [1.807, 2.05) is 0 Å². The molecule has 0 bridgehead atoms. The summed E-state index contributed by atoms with van der Waals surface area (Å²) < 4.78 is 9.93. The molecule has 1 saturated heterocycles. The van der Waals surface area contributed by atoms with Crippen molar-refractivity contribution in [2.45, 2.75) is 32.2 Å². The van der Waals surface area contributed by atoms with Gasteiger partial charge < -0.3 is 25.4 Å². The highest BCUT2D eigenvalue weighted by Gasteiger charge is 2.53. The van der Waals surface area contributed by atoms with Gasteiger partial charge in [-0.15, -0.1) is 40.1 Å². The Kier molecular flexibility index (Phi) is 9.08. The van der Waals surface area contributed by atoms with E-state index < -0.39 is 47.4 Å². The number of oxime groups is 1. The maximum atomic E-state index is 12.7. The maximum Gasteiger partial charge on any atom is 0.357 e. The highest BCUT2D eigenvalue weighted by molar-refractivity contribution is 8.93. The molecule has 34 heavy (non-hydrogen) atoms. The lowest BCUT2D eigenvalue weighted by Crippen LogP contribution is -2.70. The number of nitrogens with two attached hydrogens (primary N) is 1. The first-order valence-electron chi connectivity index (χ1n) is 9.67. The van der Waals surface area contributed by atoms with E-state index in [0.717, 1.165) is 11.3 Å². The third-order valence-corrected chi connectivity index (χ3v) is 6.35. The van der Waals surface area contributed by atoms with E-state index in [9.17, 15) is 19.2 Å². The fourth-order valence-electron chi connectivity index (χ4n) is 2.86. The Balaban J connectivity index is 0.00000408. The Morgan fingerprint density at radius 2 is 2.03 bits per heavy atom. The summed E-state index contributed by atoms with van der Waals surface area (Å²) >= 11 is 2.49. The largest absolute Gasteiger partial charge is 0.427 e. The Labute approximate surface area is 214 Å². The quantitative estimate of drug-likeness (QED) is 0.157. The van der Waals surface area contributed by atoms with Crippen LogP contribution >= 0.6 is 40.1 Å². The molecule has 0 saturated carbocycles. The zero-order valence-electron chi connectivity index (χ0n) is 18.7. The molecule has 1 fully saturated rings. The number of ether oxygens (including phenoxy) is 2. The second-order valence-corrected chi connectivity index (χ2v) is 9.94. The molecule has 0 unspecified atom stereocenters. The van der Waals surface area contributed by atoms with Gasteiger partial charge in [-0.05, 0) is 26.8 Å². The van der Waals surface area contributed by atoms with Crippen LogP contribution in [0.3, 0.4) is 0 Å². The summed E-state index contributed by atoms with van der Waals surface area (Å²) in [6.45, 7) is 4.44. The van der Waals surface area contributed by atoms with Gasteiger partial charge in [-0.25, -0.2) is 9.78 Å². The van der Waals surface area contributed by atoms with E-state index in [2.05, 4.69) is 15.5 Å². The number of thioether (sulfide) groups is 1. The number of β-lactam (4-membered cyclic amide) rings is 1. The number of carbonyl (C=O) groups excluding carboxylic acids is 4. The van der Waals surface area contributed by atoms with Crippen molar-refractivity contribution in [1.29, 1.82) is 0 Å². The highest BCUT2D eigenvalue weighted by atomic mass is 79.9. The third kappa shape index (κ3) is 5.88. The molecule has 2 aliphatic rings. The van der Waals surface area contributed by atoms with Crippen molar-refractivity contribution in [3.63, 3.8) is 0 Å². The second-order valence-electron chi connectivity index (χ2n) is 7.90. The van der Waals surface area contributed by atoms with Crippen molar-refractivity contribution < 1.29 is 33.5 Å². The van der Waals surface area contributed by atoms with Crippen molar-refractivity contribution >= 4 is 74.7 Å².